The van der Waals surface area contributed by atoms with E-state index in [4.69, 9.17) is 4.74 Å². The Morgan fingerprint density at radius 1 is 0.667 bits per heavy atom. The maximum atomic E-state index is 6.01. The lowest BCUT2D eigenvalue weighted by Crippen LogP contribution is -2.79. The molecule has 0 aliphatic heterocycles. The van der Waals surface area contributed by atoms with Crippen molar-refractivity contribution in [2.45, 2.75) is 60.7 Å². The molecule has 104 valence electrons. The van der Waals surface area contributed by atoms with Crippen LogP contribution in [0.2, 0.25) is 0 Å². The van der Waals surface area contributed by atoms with Gasteiger partial charge in [-0.15, -0.1) is 0 Å². The molecule has 4 heteroatoms. The van der Waals surface area contributed by atoms with E-state index in [2.05, 4.69) is 37.1 Å². The predicted molar refractivity (Wildman–Crippen MR) is 72.8 cm³/mol. The molecular weight excluding hydrogens is 226 g/mol. The lowest BCUT2D eigenvalue weighted by Gasteiger charge is -2.70. The molecule has 0 unspecified atom stereocenters. The van der Waals surface area contributed by atoms with E-state index in [9.17, 15) is 0 Å². The fraction of sp³-hybridized carbons (Fsp3) is 1.00. The fourth-order valence-corrected chi connectivity index (χ4v) is 5.56. The summed E-state index contributed by atoms with van der Waals surface area (Å²) in [6, 6.07) is 0. The summed E-state index contributed by atoms with van der Waals surface area (Å²) in [5.74, 6) is 0. The number of methoxy groups -OCH3 is 1. The third kappa shape index (κ3) is 1.52. The van der Waals surface area contributed by atoms with E-state index in [1.165, 1.54) is 19.3 Å². The van der Waals surface area contributed by atoms with Gasteiger partial charge in [-0.1, -0.05) is 0 Å². The van der Waals surface area contributed by atoms with Gasteiger partial charge in [0.25, 0.3) is 0 Å². The number of hydrogen-bond acceptors (Lipinski definition) is 4. The topological polar surface area (TPSA) is 45.3 Å². The molecule has 4 nitrogen and oxygen atoms in total. The molecule has 0 radical (unpaired) electrons. The van der Waals surface area contributed by atoms with Gasteiger partial charge >= 0.3 is 0 Å². The molecule has 4 saturated carbocycles. The summed E-state index contributed by atoms with van der Waals surface area (Å²) in [5, 5.41) is 10.9. The highest BCUT2D eigenvalue weighted by atomic mass is 16.5. The van der Waals surface area contributed by atoms with Gasteiger partial charge < -0.3 is 20.7 Å². The summed E-state index contributed by atoms with van der Waals surface area (Å²) in [4.78, 5) is 0. The van der Waals surface area contributed by atoms with Crippen molar-refractivity contribution in [2.24, 2.45) is 0 Å². The molecule has 0 aromatic heterocycles. The van der Waals surface area contributed by atoms with Crippen LogP contribution in [0.5, 0.6) is 0 Å². The van der Waals surface area contributed by atoms with Crippen molar-refractivity contribution in [3.8, 4) is 0 Å². The van der Waals surface area contributed by atoms with Gasteiger partial charge in [0.2, 0.25) is 0 Å². The van der Waals surface area contributed by atoms with Crippen LogP contribution in [0.25, 0.3) is 0 Å². The molecule has 4 rings (SSSR count). The maximum Gasteiger partial charge on any atom is 0.0731 e. The Morgan fingerprint density at radius 3 is 1.22 bits per heavy atom. The zero-order valence-electron chi connectivity index (χ0n) is 12.2. The molecule has 18 heavy (non-hydrogen) atoms. The summed E-state index contributed by atoms with van der Waals surface area (Å²) in [5.41, 5.74) is 0.744. The van der Waals surface area contributed by atoms with E-state index in [0.717, 1.165) is 19.3 Å². The van der Waals surface area contributed by atoms with Crippen molar-refractivity contribution in [1.29, 1.82) is 0 Å². The van der Waals surface area contributed by atoms with Crippen LogP contribution in [0.3, 0.4) is 0 Å². The van der Waals surface area contributed by atoms with Crippen LogP contribution in [0, 0.1) is 0 Å². The Hall–Kier alpha value is -0.160. The summed E-state index contributed by atoms with van der Waals surface area (Å²) in [6.07, 6.45) is 7.13. The minimum Gasteiger partial charge on any atom is -0.378 e. The van der Waals surface area contributed by atoms with E-state index in [0.29, 0.717) is 0 Å². The zero-order chi connectivity index (χ0) is 13.1. The Bertz CT molecular complexity index is 253. The smallest absolute Gasteiger partial charge is 0.0731 e. The van der Waals surface area contributed by atoms with Crippen LogP contribution in [-0.4, -0.2) is 50.5 Å². The van der Waals surface area contributed by atoms with Crippen molar-refractivity contribution < 1.29 is 4.74 Å². The van der Waals surface area contributed by atoms with Gasteiger partial charge in [0.05, 0.1) is 5.60 Å². The van der Waals surface area contributed by atoms with E-state index in [1.54, 1.807) is 0 Å². The lowest BCUT2D eigenvalue weighted by molar-refractivity contribution is -0.186. The molecule has 0 amide bonds. The minimum absolute atomic E-state index is 0.0454. The molecule has 4 aliphatic rings. The summed E-state index contributed by atoms with van der Waals surface area (Å²) in [6.45, 7) is 0. The van der Waals surface area contributed by atoms with Gasteiger partial charge in [-0.3, -0.25) is 0 Å². The summed E-state index contributed by atoms with van der Waals surface area (Å²) >= 11 is 0. The SMILES string of the molecule is CNC12CC3(NC)CC(NC)(C1)CC(OC)(C2)C3. The molecule has 4 bridgehead atoms. The predicted octanol–water partition coefficient (Wildman–Crippen LogP) is 0.628. The molecule has 0 aromatic rings. The highest BCUT2D eigenvalue weighted by Crippen LogP contribution is 2.61. The highest BCUT2D eigenvalue weighted by molar-refractivity contribution is 5.27. The molecule has 0 spiro atoms. The van der Waals surface area contributed by atoms with Crippen molar-refractivity contribution in [2.75, 3.05) is 28.3 Å². The lowest BCUT2D eigenvalue weighted by atomic mass is 9.45. The first-order chi connectivity index (χ1) is 8.49. The molecular formula is C14H27N3O. The van der Waals surface area contributed by atoms with Crippen LogP contribution >= 0.6 is 0 Å². The van der Waals surface area contributed by atoms with Gasteiger partial charge in [-0.2, -0.15) is 0 Å². The Kier molecular flexibility index (Phi) is 2.63. The van der Waals surface area contributed by atoms with E-state index >= 15 is 0 Å². The summed E-state index contributed by atoms with van der Waals surface area (Å²) in [7, 11) is 8.24. The number of hydrogen-bond donors (Lipinski definition) is 3. The average Bonchev–Trinajstić information content (AvgIpc) is 2.37. The normalized spacial score (nSPS) is 54.0. The number of nitrogens with one attached hydrogen (secondary N) is 3. The van der Waals surface area contributed by atoms with E-state index in [1.807, 2.05) is 7.11 Å². The van der Waals surface area contributed by atoms with Crippen molar-refractivity contribution in [3.63, 3.8) is 0 Å². The first kappa shape index (κ1) is 12.9. The van der Waals surface area contributed by atoms with Crippen molar-refractivity contribution >= 4 is 0 Å². The maximum absolute atomic E-state index is 6.01. The van der Waals surface area contributed by atoms with Crippen LogP contribution in [0.15, 0.2) is 0 Å². The van der Waals surface area contributed by atoms with E-state index < -0.39 is 0 Å². The molecule has 4 aliphatic carbocycles. The van der Waals surface area contributed by atoms with E-state index in [-0.39, 0.29) is 22.2 Å². The molecule has 0 heterocycles. The molecule has 4 fully saturated rings. The van der Waals surface area contributed by atoms with Crippen LogP contribution in [0.1, 0.15) is 38.5 Å². The van der Waals surface area contributed by atoms with Gasteiger partial charge in [0.15, 0.2) is 0 Å². The summed E-state index contributed by atoms with van der Waals surface area (Å²) < 4.78 is 6.01. The third-order valence-corrected chi connectivity index (χ3v) is 6.04. The molecule has 0 atom stereocenters. The largest absolute Gasteiger partial charge is 0.378 e. The standard InChI is InChI=1S/C14H27N3O/c1-15-11-5-12(16-2)7-13(6-11,17-3)10-14(8-11,9-12)18-4/h15-17H,5-10H2,1-4H3. The van der Waals surface area contributed by atoms with Crippen LogP contribution in [-0.2, 0) is 4.74 Å². The third-order valence-electron chi connectivity index (χ3n) is 6.04. The highest BCUT2D eigenvalue weighted by Gasteiger charge is 2.67. The second kappa shape index (κ2) is 3.69. The van der Waals surface area contributed by atoms with Gasteiger partial charge in [0, 0.05) is 23.7 Å². The molecule has 0 saturated heterocycles. The first-order valence-corrected chi connectivity index (χ1v) is 7.11. The fourth-order valence-electron chi connectivity index (χ4n) is 5.56. The number of ether oxygens (including phenoxy) is 1. The second-order valence-corrected chi connectivity index (χ2v) is 7.04. The van der Waals surface area contributed by atoms with Crippen LogP contribution in [0.4, 0.5) is 0 Å². The quantitative estimate of drug-likeness (QED) is 0.687. The van der Waals surface area contributed by atoms with Gasteiger partial charge in [0.1, 0.15) is 0 Å². The molecule has 0 aromatic carbocycles. The zero-order valence-corrected chi connectivity index (χ0v) is 12.2. The van der Waals surface area contributed by atoms with Gasteiger partial charge in [-0.05, 0) is 59.7 Å². The second-order valence-electron chi connectivity index (χ2n) is 7.04. The number of rotatable bonds is 4. The first-order valence-electron chi connectivity index (χ1n) is 7.11. The Balaban J connectivity index is 2.06. The monoisotopic (exact) mass is 253 g/mol. The van der Waals surface area contributed by atoms with Crippen LogP contribution < -0.4 is 16.0 Å². The Morgan fingerprint density at radius 2 is 1.00 bits per heavy atom. The van der Waals surface area contributed by atoms with Gasteiger partial charge in [-0.25, -0.2) is 0 Å². The van der Waals surface area contributed by atoms with Crippen molar-refractivity contribution in [3.05, 3.63) is 0 Å². The minimum atomic E-state index is 0.0454. The average molecular weight is 253 g/mol. The molecule has 3 N–H and O–H groups in total. The van der Waals surface area contributed by atoms with Crippen molar-refractivity contribution in [1.82, 2.24) is 16.0 Å². The Labute approximate surface area is 110 Å².